The minimum Gasteiger partial charge on any atom is -0.324 e. The summed E-state index contributed by atoms with van der Waals surface area (Å²) in [6.45, 7) is 2.65. The molecule has 0 amide bonds. The van der Waals surface area contributed by atoms with Gasteiger partial charge in [-0.3, -0.25) is 25.1 Å². The molecule has 0 aliphatic carbocycles. The Bertz CT molecular complexity index is 689. The normalized spacial score (nSPS) is 10.5. The van der Waals surface area contributed by atoms with E-state index >= 15 is 0 Å². The fourth-order valence-electron chi connectivity index (χ4n) is 1.96. The van der Waals surface area contributed by atoms with E-state index in [9.17, 15) is 14.9 Å². The molecule has 2 aromatic rings. The SMILES string of the molecule is CCn1ccn(Cc2cc([N+](=O)[O-])ccc2NN)c1=O. The molecule has 0 fully saturated rings. The summed E-state index contributed by atoms with van der Waals surface area (Å²) in [5.41, 5.74) is 3.40. The molecule has 0 aliphatic heterocycles. The van der Waals surface area contributed by atoms with E-state index in [4.69, 9.17) is 5.84 Å². The number of benzene rings is 1. The van der Waals surface area contributed by atoms with E-state index in [1.165, 1.54) is 22.8 Å². The molecule has 0 aliphatic rings. The van der Waals surface area contributed by atoms with E-state index in [-0.39, 0.29) is 17.9 Å². The highest BCUT2D eigenvalue weighted by molar-refractivity contribution is 5.55. The number of rotatable bonds is 5. The summed E-state index contributed by atoms with van der Waals surface area (Å²) >= 11 is 0. The van der Waals surface area contributed by atoms with Crippen LogP contribution in [0.2, 0.25) is 0 Å². The zero-order valence-electron chi connectivity index (χ0n) is 10.9. The van der Waals surface area contributed by atoms with Crippen LogP contribution in [-0.4, -0.2) is 14.1 Å². The maximum atomic E-state index is 12.0. The third-order valence-corrected chi connectivity index (χ3v) is 3.05. The van der Waals surface area contributed by atoms with Crippen LogP contribution in [0.4, 0.5) is 11.4 Å². The molecule has 0 atom stereocenters. The fourth-order valence-corrected chi connectivity index (χ4v) is 1.96. The predicted octanol–water partition coefficient (Wildman–Crippen LogP) is 0.912. The monoisotopic (exact) mass is 277 g/mol. The van der Waals surface area contributed by atoms with Crippen LogP contribution < -0.4 is 17.0 Å². The van der Waals surface area contributed by atoms with Crippen molar-refractivity contribution in [2.45, 2.75) is 20.0 Å². The number of nitro groups is 1. The number of anilines is 1. The van der Waals surface area contributed by atoms with Crippen molar-refractivity contribution >= 4 is 11.4 Å². The first-order valence-corrected chi connectivity index (χ1v) is 6.06. The van der Waals surface area contributed by atoms with Crippen molar-refractivity contribution in [1.29, 1.82) is 0 Å². The largest absolute Gasteiger partial charge is 0.328 e. The molecule has 106 valence electrons. The van der Waals surface area contributed by atoms with Gasteiger partial charge in [0.25, 0.3) is 5.69 Å². The number of hydrogen-bond acceptors (Lipinski definition) is 5. The van der Waals surface area contributed by atoms with E-state index < -0.39 is 4.92 Å². The standard InChI is InChI=1S/C12H15N5O3/c1-2-15-5-6-16(12(15)18)8-9-7-10(17(19)20)3-4-11(9)14-13/h3-7,14H,2,8,13H2,1H3. The van der Waals surface area contributed by atoms with E-state index in [0.29, 0.717) is 17.8 Å². The van der Waals surface area contributed by atoms with Crippen LogP contribution in [0.3, 0.4) is 0 Å². The number of nitrogens with one attached hydrogen (secondary N) is 1. The molecule has 0 bridgehead atoms. The molecule has 8 nitrogen and oxygen atoms in total. The average Bonchev–Trinajstić information content (AvgIpc) is 2.79. The summed E-state index contributed by atoms with van der Waals surface area (Å²) in [7, 11) is 0. The van der Waals surface area contributed by atoms with E-state index in [2.05, 4.69) is 5.43 Å². The minimum absolute atomic E-state index is 0.0398. The topological polar surface area (TPSA) is 108 Å². The number of nitrogen functional groups attached to an aromatic ring is 1. The van der Waals surface area contributed by atoms with Gasteiger partial charge in [0.05, 0.1) is 17.2 Å². The Morgan fingerprint density at radius 1 is 1.35 bits per heavy atom. The zero-order valence-corrected chi connectivity index (χ0v) is 10.9. The summed E-state index contributed by atoms with van der Waals surface area (Å²) in [5.74, 6) is 5.39. The number of imidazole rings is 1. The summed E-state index contributed by atoms with van der Waals surface area (Å²) in [4.78, 5) is 22.3. The lowest BCUT2D eigenvalue weighted by Gasteiger charge is -2.09. The zero-order chi connectivity index (χ0) is 14.7. The molecule has 0 saturated heterocycles. The van der Waals surface area contributed by atoms with Crippen LogP contribution in [0.25, 0.3) is 0 Å². The Morgan fingerprint density at radius 3 is 2.60 bits per heavy atom. The fraction of sp³-hybridized carbons (Fsp3) is 0.250. The third-order valence-electron chi connectivity index (χ3n) is 3.05. The Hall–Kier alpha value is -2.61. The Balaban J connectivity index is 2.40. The second-order valence-electron chi connectivity index (χ2n) is 4.24. The van der Waals surface area contributed by atoms with Gasteiger partial charge in [0.1, 0.15) is 0 Å². The third kappa shape index (κ3) is 2.54. The molecule has 0 spiro atoms. The summed E-state index contributed by atoms with van der Waals surface area (Å²) < 4.78 is 3.02. The van der Waals surface area contributed by atoms with Gasteiger partial charge in [-0.2, -0.15) is 0 Å². The number of nitrogens with zero attached hydrogens (tertiary/aromatic N) is 3. The molecule has 20 heavy (non-hydrogen) atoms. The van der Waals surface area contributed by atoms with Gasteiger partial charge in [0.2, 0.25) is 0 Å². The lowest BCUT2D eigenvalue weighted by Crippen LogP contribution is -2.24. The molecule has 8 heteroatoms. The number of nitrogens with two attached hydrogens (primary N) is 1. The number of non-ortho nitro benzene ring substituents is 1. The molecule has 1 heterocycles. The first-order valence-electron chi connectivity index (χ1n) is 6.06. The minimum atomic E-state index is -0.482. The lowest BCUT2D eigenvalue weighted by atomic mass is 10.1. The summed E-state index contributed by atoms with van der Waals surface area (Å²) in [6.07, 6.45) is 3.32. The van der Waals surface area contributed by atoms with Crippen LogP contribution in [0.1, 0.15) is 12.5 Å². The van der Waals surface area contributed by atoms with Crippen molar-refractivity contribution in [3.63, 3.8) is 0 Å². The predicted molar refractivity (Wildman–Crippen MR) is 74.4 cm³/mol. The maximum absolute atomic E-state index is 12.0. The van der Waals surface area contributed by atoms with Crippen molar-refractivity contribution in [1.82, 2.24) is 9.13 Å². The van der Waals surface area contributed by atoms with E-state index in [1.807, 2.05) is 6.92 Å². The first-order chi connectivity index (χ1) is 9.56. The molecule has 0 radical (unpaired) electrons. The van der Waals surface area contributed by atoms with Gasteiger partial charge < -0.3 is 5.43 Å². The summed E-state index contributed by atoms with van der Waals surface area (Å²) in [5, 5.41) is 10.8. The first kappa shape index (κ1) is 13.8. The van der Waals surface area contributed by atoms with Crippen LogP contribution in [-0.2, 0) is 13.1 Å². The van der Waals surface area contributed by atoms with E-state index in [0.717, 1.165) is 0 Å². The second kappa shape index (κ2) is 5.57. The summed E-state index contributed by atoms with van der Waals surface area (Å²) in [6, 6.07) is 4.29. The van der Waals surface area contributed by atoms with Gasteiger partial charge >= 0.3 is 5.69 Å². The van der Waals surface area contributed by atoms with Crippen LogP contribution >= 0.6 is 0 Å². The molecule has 2 rings (SSSR count). The smallest absolute Gasteiger partial charge is 0.324 e. The van der Waals surface area contributed by atoms with Crippen molar-refractivity contribution in [3.05, 3.63) is 56.8 Å². The highest BCUT2D eigenvalue weighted by Gasteiger charge is 2.12. The molecular weight excluding hydrogens is 262 g/mol. The number of hydrogen-bond donors (Lipinski definition) is 2. The number of nitro benzene ring substituents is 1. The Kier molecular flexibility index (Phi) is 3.85. The van der Waals surface area contributed by atoms with E-state index in [1.54, 1.807) is 17.0 Å². The quantitative estimate of drug-likeness (QED) is 0.480. The number of aromatic nitrogens is 2. The number of aryl methyl sites for hydroxylation is 1. The second-order valence-corrected chi connectivity index (χ2v) is 4.24. The van der Waals surface area contributed by atoms with Crippen molar-refractivity contribution in [2.75, 3.05) is 5.43 Å². The molecule has 0 saturated carbocycles. The Morgan fingerprint density at radius 2 is 2.05 bits per heavy atom. The highest BCUT2D eigenvalue weighted by Crippen LogP contribution is 2.22. The van der Waals surface area contributed by atoms with Gasteiger partial charge in [-0.15, -0.1) is 0 Å². The Labute approximate surface area is 114 Å². The van der Waals surface area contributed by atoms with Crippen molar-refractivity contribution in [3.8, 4) is 0 Å². The molecule has 0 unspecified atom stereocenters. The van der Waals surface area contributed by atoms with Crippen molar-refractivity contribution in [2.24, 2.45) is 5.84 Å². The van der Waals surface area contributed by atoms with Gasteiger partial charge in [-0.05, 0) is 13.0 Å². The molecular formula is C12H15N5O3. The molecule has 1 aromatic heterocycles. The van der Waals surface area contributed by atoms with Gasteiger partial charge in [0.15, 0.2) is 0 Å². The lowest BCUT2D eigenvalue weighted by molar-refractivity contribution is -0.384. The van der Waals surface area contributed by atoms with Crippen LogP contribution in [0, 0.1) is 10.1 Å². The van der Waals surface area contributed by atoms with Gasteiger partial charge in [-0.1, -0.05) is 0 Å². The number of hydrazine groups is 1. The average molecular weight is 277 g/mol. The molecule has 1 aromatic carbocycles. The molecule has 3 N–H and O–H groups in total. The van der Waals surface area contributed by atoms with Crippen molar-refractivity contribution < 1.29 is 4.92 Å². The highest BCUT2D eigenvalue weighted by atomic mass is 16.6. The van der Waals surface area contributed by atoms with Crippen LogP contribution in [0.5, 0.6) is 0 Å². The van der Waals surface area contributed by atoms with Crippen LogP contribution in [0.15, 0.2) is 35.4 Å². The van der Waals surface area contributed by atoms with Gasteiger partial charge in [-0.25, -0.2) is 4.79 Å². The van der Waals surface area contributed by atoms with Gasteiger partial charge in [0, 0.05) is 36.6 Å². The maximum Gasteiger partial charge on any atom is 0.328 e.